The van der Waals surface area contributed by atoms with E-state index < -0.39 is 22.9 Å². The van der Waals surface area contributed by atoms with Gasteiger partial charge in [-0.1, -0.05) is 52.9 Å². The number of fused-ring (bicyclic) bond motifs is 2. The predicted molar refractivity (Wildman–Crippen MR) is 144 cm³/mol. The van der Waals surface area contributed by atoms with E-state index in [1.807, 2.05) is 19.1 Å². The third kappa shape index (κ3) is 4.19. The molecular formula is C28H26FN3O4S2. The number of hydrogen-bond donors (Lipinski definition) is 0. The standard InChI is InChI=1S/C28H26FN3O4S2/c1-16-5-11-19(12-6-16)32-25(34)22-21(17-7-9-18(29)10-8-17)24-27(37-23(22)26(32)35)31(28(36)38-24)15-20(33)30-13-3-2-4-14-30/h5-12,21-23H,2-4,13-15H2,1H3/t21-,22-,23+/m0/s1. The molecule has 3 aromatic rings. The van der Waals surface area contributed by atoms with E-state index in [0.717, 1.165) is 36.2 Å². The number of thioether (sulfide) groups is 1. The summed E-state index contributed by atoms with van der Waals surface area (Å²) in [4.78, 5) is 57.3. The molecule has 0 saturated carbocycles. The molecule has 0 spiro atoms. The molecule has 10 heteroatoms. The molecule has 7 nitrogen and oxygen atoms in total. The largest absolute Gasteiger partial charge is 0.341 e. The number of amides is 3. The maximum absolute atomic E-state index is 13.8. The fourth-order valence-corrected chi connectivity index (χ4v) is 8.38. The second-order valence-corrected chi connectivity index (χ2v) is 12.1. The number of aryl methyl sites for hydroxylation is 1. The molecule has 3 atom stereocenters. The van der Waals surface area contributed by atoms with Gasteiger partial charge in [0.15, 0.2) is 0 Å². The minimum absolute atomic E-state index is 0.102. The topological polar surface area (TPSA) is 79.7 Å². The summed E-state index contributed by atoms with van der Waals surface area (Å²) in [5.41, 5.74) is 2.17. The number of likely N-dealkylation sites (tertiary alicyclic amines) is 1. The molecule has 3 amide bonds. The number of thiazole rings is 1. The maximum atomic E-state index is 13.8. The maximum Gasteiger partial charge on any atom is 0.308 e. The molecule has 6 rings (SSSR count). The highest BCUT2D eigenvalue weighted by atomic mass is 32.2. The van der Waals surface area contributed by atoms with Crippen molar-refractivity contribution < 1.29 is 18.8 Å². The van der Waals surface area contributed by atoms with E-state index in [1.54, 1.807) is 29.2 Å². The summed E-state index contributed by atoms with van der Waals surface area (Å²) in [7, 11) is 0. The predicted octanol–water partition coefficient (Wildman–Crippen LogP) is 4.17. The first kappa shape index (κ1) is 25.1. The number of hydrogen-bond acceptors (Lipinski definition) is 6. The van der Waals surface area contributed by atoms with Gasteiger partial charge in [0.2, 0.25) is 17.7 Å². The third-order valence-electron chi connectivity index (χ3n) is 7.57. The molecule has 0 N–H and O–H groups in total. The molecule has 196 valence electrons. The summed E-state index contributed by atoms with van der Waals surface area (Å²) in [6, 6.07) is 13.1. The summed E-state index contributed by atoms with van der Waals surface area (Å²) >= 11 is 2.20. The first-order valence-corrected chi connectivity index (χ1v) is 14.4. The second kappa shape index (κ2) is 9.81. The lowest BCUT2D eigenvalue weighted by molar-refractivity contribution is -0.133. The smallest absolute Gasteiger partial charge is 0.308 e. The van der Waals surface area contributed by atoms with Gasteiger partial charge in [-0.05, 0) is 56.0 Å². The van der Waals surface area contributed by atoms with Crippen LogP contribution in [0, 0.1) is 18.7 Å². The Hall–Kier alpha value is -3.24. The molecule has 38 heavy (non-hydrogen) atoms. The molecule has 0 bridgehead atoms. The van der Waals surface area contributed by atoms with Crippen LogP contribution >= 0.6 is 23.1 Å². The van der Waals surface area contributed by atoms with Crippen molar-refractivity contribution in [2.24, 2.45) is 5.92 Å². The van der Waals surface area contributed by atoms with E-state index >= 15 is 0 Å². The molecule has 4 heterocycles. The number of halogens is 1. The van der Waals surface area contributed by atoms with Gasteiger partial charge in [0, 0.05) is 23.9 Å². The highest BCUT2D eigenvalue weighted by Gasteiger charge is 2.56. The van der Waals surface area contributed by atoms with Crippen LogP contribution in [0.5, 0.6) is 0 Å². The molecule has 2 fully saturated rings. The molecule has 2 aromatic carbocycles. The van der Waals surface area contributed by atoms with Crippen molar-refractivity contribution >= 4 is 46.5 Å². The van der Waals surface area contributed by atoms with Crippen LogP contribution < -0.4 is 9.77 Å². The Labute approximate surface area is 227 Å². The van der Waals surface area contributed by atoms with E-state index in [4.69, 9.17) is 0 Å². The van der Waals surface area contributed by atoms with E-state index in [0.29, 0.717) is 34.2 Å². The lowest BCUT2D eigenvalue weighted by Crippen LogP contribution is -2.39. The zero-order chi connectivity index (χ0) is 26.6. The van der Waals surface area contributed by atoms with E-state index in [9.17, 15) is 23.6 Å². The van der Waals surface area contributed by atoms with Gasteiger partial charge in [0.1, 0.15) is 17.6 Å². The van der Waals surface area contributed by atoms with Crippen molar-refractivity contribution in [3.8, 4) is 0 Å². The normalized spacial score (nSPS) is 22.9. The fraction of sp³-hybridized carbons (Fsp3) is 0.357. The molecule has 0 unspecified atom stereocenters. The van der Waals surface area contributed by atoms with E-state index in [-0.39, 0.29) is 29.1 Å². The summed E-state index contributed by atoms with van der Waals surface area (Å²) in [6.07, 6.45) is 2.97. The zero-order valence-corrected chi connectivity index (χ0v) is 22.4. The Morgan fingerprint density at radius 2 is 1.63 bits per heavy atom. The number of rotatable bonds is 4. The average Bonchev–Trinajstić information content (AvgIpc) is 3.36. The van der Waals surface area contributed by atoms with E-state index in [2.05, 4.69) is 0 Å². The van der Waals surface area contributed by atoms with Gasteiger partial charge in [0.25, 0.3) is 0 Å². The highest BCUT2D eigenvalue weighted by molar-refractivity contribution is 8.00. The number of carbonyl (C=O) groups is 3. The molecular weight excluding hydrogens is 525 g/mol. The van der Waals surface area contributed by atoms with E-state index in [1.165, 1.54) is 33.4 Å². The Kier molecular flexibility index (Phi) is 6.47. The number of imide groups is 1. The lowest BCUT2D eigenvalue weighted by Gasteiger charge is -2.31. The van der Waals surface area contributed by atoms with Crippen molar-refractivity contribution in [2.45, 2.75) is 48.9 Å². The first-order chi connectivity index (χ1) is 18.3. The van der Waals surface area contributed by atoms with Gasteiger partial charge in [-0.15, -0.1) is 0 Å². The number of carbonyl (C=O) groups excluding carboxylic acids is 3. The van der Waals surface area contributed by atoms with Gasteiger partial charge in [-0.3, -0.25) is 23.7 Å². The van der Waals surface area contributed by atoms with Gasteiger partial charge in [0.05, 0.1) is 16.6 Å². The molecule has 3 aliphatic rings. The number of nitrogens with zero attached hydrogens (tertiary/aromatic N) is 3. The lowest BCUT2D eigenvalue weighted by atomic mass is 9.83. The van der Waals surface area contributed by atoms with Crippen LogP contribution in [0.3, 0.4) is 0 Å². The summed E-state index contributed by atoms with van der Waals surface area (Å²) in [6.45, 7) is 3.18. The van der Waals surface area contributed by atoms with Crippen LogP contribution in [-0.4, -0.2) is 45.5 Å². The SMILES string of the molecule is Cc1ccc(N2C(=O)[C@H]3[C@H](c4ccc(F)cc4)c4sc(=O)n(CC(=O)N5CCCCC5)c4S[C@H]3C2=O)cc1. The van der Waals surface area contributed by atoms with Crippen LogP contribution in [0.15, 0.2) is 58.4 Å². The highest BCUT2D eigenvalue weighted by Crippen LogP contribution is 2.53. The molecule has 2 saturated heterocycles. The number of benzene rings is 2. The second-order valence-electron chi connectivity index (χ2n) is 10.0. The first-order valence-electron chi connectivity index (χ1n) is 12.7. The van der Waals surface area contributed by atoms with Crippen molar-refractivity contribution in [3.05, 3.63) is 80.0 Å². The Bertz CT molecular complexity index is 1480. The monoisotopic (exact) mass is 551 g/mol. The summed E-state index contributed by atoms with van der Waals surface area (Å²) < 4.78 is 15.3. The number of anilines is 1. The van der Waals surface area contributed by atoms with Gasteiger partial charge < -0.3 is 4.90 Å². The van der Waals surface area contributed by atoms with Crippen LogP contribution in [0.2, 0.25) is 0 Å². The Morgan fingerprint density at radius 3 is 2.32 bits per heavy atom. The zero-order valence-electron chi connectivity index (χ0n) is 20.8. The number of piperidine rings is 1. The minimum atomic E-state index is -0.767. The van der Waals surface area contributed by atoms with Crippen LogP contribution in [-0.2, 0) is 20.9 Å². The van der Waals surface area contributed by atoms with Gasteiger partial charge in [-0.25, -0.2) is 9.29 Å². The van der Waals surface area contributed by atoms with Crippen LogP contribution in [0.1, 0.15) is 41.2 Å². The van der Waals surface area contributed by atoms with Crippen LogP contribution in [0.4, 0.5) is 10.1 Å². The Morgan fingerprint density at radius 1 is 0.947 bits per heavy atom. The van der Waals surface area contributed by atoms with Gasteiger partial charge in [-0.2, -0.15) is 0 Å². The number of aromatic nitrogens is 1. The summed E-state index contributed by atoms with van der Waals surface area (Å²) in [5, 5.41) is -0.218. The molecule has 0 radical (unpaired) electrons. The average molecular weight is 552 g/mol. The van der Waals surface area contributed by atoms with Crippen molar-refractivity contribution in [2.75, 3.05) is 18.0 Å². The van der Waals surface area contributed by atoms with Crippen LogP contribution in [0.25, 0.3) is 0 Å². The minimum Gasteiger partial charge on any atom is -0.341 e. The molecule has 1 aromatic heterocycles. The van der Waals surface area contributed by atoms with Crippen molar-refractivity contribution in [1.29, 1.82) is 0 Å². The van der Waals surface area contributed by atoms with Crippen molar-refractivity contribution in [1.82, 2.24) is 9.47 Å². The molecule has 0 aliphatic carbocycles. The quantitative estimate of drug-likeness (QED) is 0.455. The van der Waals surface area contributed by atoms with Crippen molar-refractivity contribution in [3.63, 3.8) is 0 Å². The fourth-order valence-electron chi connectivity index (χ4n) is 5.61. The molecule has 3 aliphatic heterocycles. The summed E-state index contributed by atoms with van der Waals surface area (Å²) in [5.74, 6) is -2.58. The van der Waals surface area contributed by atoms with Gasteiger partial charge >= 0.3 is 4.87 Å². The Balaban J connectivity index is 1.43. The third-order valence-corrected chi connectivity index (χ3v) is 10.2.